The van der Waals surface area contributed by atoms with Crippen LogP contribution < -0.4 is 11.3 Å². The topological polar surface area (TPSA) is 48.0 Å². The predicted molar refractivity (Wildman–Crippen MR) is 91.7 cm³/mol. The van der Waals surface area contributed by atoms with Gasteiger partial charge in [-0.05, 0) is 24.3 Å². The molecule has 0 radical (unpaired) electrons. The van der Waals surface area contributed by atoms with Gasteiger partial charge in [-0.2, -0.15) is 0 Å². The van der Waals surface area contributed by atoms with Gasteiger partial charge in [0.2, 0.25) is 0 Å². The van der Waals surface area contributed by atoms with Crippen molar-refractivity contribution in [2.45, 2.75) is 0 Å². The fraction of sp³-hybridized carbons (Fsp3) is 0.0625. The highest BCUT2D eigenvalue weighted by atomic mass is 79.9. The minimum Gasteiger partial charge on any atom is -0.394 e. The number of nitrogens with two attached hydrogens (primary N) is 1. The normalized spacial score (nSPS) is 11.0. The summed E-state index contributed by atoms with van der Waals surface area (Å²) in [5, 5.41) is 1.45. The van der Waals surface area contributed by atoms with E-state index >= 15 is 0 Å². The summed E-state index contributed by atoms with van der Waals surface area (Å²) in [6, 6.07) is 13.1. The number of rotatable bonds is 1. The predicted octanol–water partition coefficient (Wildman–Crippen LogP) is 4.20. The Bertz CT molecular complexity index is 918. The molecule has 1 heterocycles. The summed E-state index contributed by atoms with van der Waals surface area (Å²) in [4.78, 5) is 12.4. The number of anilines is 1. The number of nitrogens with zero attached hydrogens (tertiary/aromatic N) is 1. The van der Waals surface area contributed by atoms with Gasteiger partial charge >= 0.3 is 0 Å². The van der Waals surface area contributed by atoms with Gasteiger partial charge in [0, 0.05) is 33.1 Å². The molecule has 106 valence electrons. The van der Waals surface area contributed by atoms with Crippen LogP contribution in [0.25, 0.3) is 22.0 Å². The smallest absolute Gasteiger partial charge is 0.274 e. The maximum atomic E-state index is 12.4. The maximum Gasteiger partial charge on any atom is 0.274 e. The third kappa shape index (κ3) is 2.24. The van der Waals surface area contributed by atoms with Gasteiger partial charge in [0.1, 0.15) is 5.69 Å². The van der Waals surface area contributed by atoms with Gasteiger partial charge in [-0.3, -0.25) is 4.79 Å². The molecule has 0 atom stereocenters. The molecule has 0 bridgehead atoms. The quantitative estimate of drug-likeness (QED) is 0.704. The molecule has 0 unspecified atom stereocenters. The summed E-state index contributed by atoms with van der Waals surface area (Å²) >= 11 is 9.75. The van der Waals surface area contributed by atoms with Crippen LogP contribution in [0, 0.1) is 0 Å². The van der Waals surface area contributed by atoms with Crippen LogP contribution in [0.2, 0.25) is 5.02 Å². The molecule has 2 N–H and O–H groups in total. The van der Waals surface area contributed by atoms with E-state index in [0.29, 0.717) is 10.6 Å². The number of fused-ring (bicyclic) bond motifs is 1. The number of hydrogen-bond donors (Lipinski definition) is 1. The minimum atomic E-state index is -0.222. The first-order valence-corrected chi connectivity index (χ1v) is 7.50. The lowest BCUT2D eigenvalue weighted by Gasteiger charge is -2.14. The van der Waals surface area contributed by atoms with Crippen LogP contribution in [-0.2, 0) is 7.05 Å². The fourth-order valence-corrected chi connectivity index (χ4v) is 3.09. The van der Waals surface area contributed by atoms with Gasteiger partial charge in [-0.15, -0.1) is 0 Å². The van der Waals surface area contributed by atoms with E-state index in [0.717, 1.165) is 20.9 Å². The highest BCUT2D eigenvalue weighted by Gasteiger charge is 2.16. The van der Waals surface area contributed by atoms with E-state index in [4.69, 9.17) is 17.3 Å². The van der Waals surface area contributed by atoms with Crippen molar-refractivity contribution in [2.24, 2.45) is 7.05 Å². The molecule has 3 nitrogen and oxygen atoms in total. The van der Waals surface area contributed by atoms with Crippen LogP contribution in [0.5, 0.6) is 0 Å². The zero-order chi connectivity index (χ0) is 15.1. The molecule has 0 aliphatic rings. The number of pyridine rings is 1. The molecule has 0 aliphatic heterocycles. The number of aromatic nitrogens is 1. The summed E-state index contributed by atoms with van der Waals surface area (Å²) in [5.41, 5.74) is 8.33. The number of halogens is 2. The first kappa shape index (κ1) is 14.2. The van der Waals surface area contributed by atoms with Gasteiger partial charge in [0.25, 0.3) is 5.56 Å². The fourth-order valence-electron chi connectivity index (χ4n) is 2.50. The Labute approximate surface area is 135 Å². The molecule has 0 spiro atoms. The van der Waals surface area contributed by atoms with Crippen LogP contribution in [0.4, 0.5) is 5.69 Å². The lowest BCUT2D eigenvalue weighted by atomic mass is 9.99. The van der Waals surface area contributed by atoms with Crippen molar-refractivity contribution >= 4 is 44.1 Å². The maximum absolute atomic E-state index is 12.4. The van der Waals surface area contributed by atoms with Crippen molar-refractivity contribution in [1.29, 1.82) is 0 Å². The second-order valence-electron chi connectivity index (χ2n) is 4.79. The molecule has 1 aromatic heterocycles. The van der Waals surface area contributed by atoms with E-state index in [9.17, 15) is 4.79 Å². The summed E-state index contributed by atoms with van der Waals surface area (Å²) in [5.74, 6) is 0. The van der Waals surface area contributed by atoms with E-state index in [1.807, 2.05) is 36.4 Å². The van der Waals surface area contributed by atoms with Gasteiger partial charge in [-0.1, -0.05) is 45.7 Å². The van der Waals surface area contributed by atoms with Gasteiger partial charge in [-0.25, -0.2) is 0 Å². The molecule has 21 heavy (non-hydrogen) atoms. The molecule has 0 fully saturated rings. The molecule has 0 amide bonds. The average Bonchev–Trinajstić information content (AvgIpc) is 2.47. The van der Waals surface area contributed by atoms with Crippen molar-refractivity contribution in [3.63, 3.8) is 0 Å². The average molecular weight is 364 g/mol. The Morgan fingerprint density at radius 2 is 1.90 bits per heavy atom. The molecule has 0 saturated carbocycles. The standard InChI is InChI=1S/C16H12BrClN2O/c1-20-13-7-6-9(17)8-11(13)14(15(19)16(20)21)10-4-2-3-5-12(10)18/h2-8H,19H2,1H3. The first-order valence-electron chi connectivity index (χ1n) is 6.33. The van der Waals surface area contributed by atoms with Crippen LogP contribution >= 0.6 is 27.5 Å². The summed E-state index contributed by atoms with van der Waals surface area (Å²) in [6.07, 6.45) is 0. The second kappa shape index (κ2) is 5.20. The van der Waals surface area contributed by atoms with Crippen molar-refractivity contribution in [3.05, 3.63) is 62.3 Å². The summed E-state index contributed by atoms with van der Waals surface area (Å²) in [7, 11) is 1.71. The molecule has 5 heteroatoms. The first-order chi connectivity index (χ1) is 10.0. The van der Waals surface area contributed by atoms with Crippen molar-refractivity contribution in [2.75, 3.05) is 5.73 Å². The Morgan fingerprint density at radius 3 is 2.62 bits per heavy atom. The van der Waals surface area contributed by atoms with Crippen LogP contribution in [0.1, 0.15) is 0 Å². The number of aryl methyl sites for hydroxylation is 1. The van der Waals surface area contributed by atoms with Crippen molar-refractivity contribution < 1.29 is 0 Å². The Balaban J connectivity index is 2.56. The Hall–Kier alpha value is -1.78. The van der Waals surface area contributed by atoms with E-state index in [1.54, 1.807) is 17.7 Å². The zero-order valence-corrected chi connectivity index (χ0v) is 13.6. The van der Waals surface area contributed by atoms with Crippen LogP contribution in [0.3, 0.4) is 0 Å². The second-order valence-corrected chi connectivity index (χ2v) is 6.12. The van der Waals surface area contributed by atoms with Crippen molar-refractivity contribution in [1.82, 2.24) is 4.57 Å². The van der Waals surface area contributed by atoms with Crippen molar-refractivity contribution in [3.8, 4) is 11.1 Å². The summed E-state index contributed by atoms with van der Waals surface area (Å²) < 4.78 is 2.47. The van der Waals surface area contributed by atoms with Gasteiger partial charge in [0.15, 0.2) is 0 Å². The zero-order valence-electron chi connectivity index (χ0n) is 11.2. The number of nitrogen functional groups attached to an aromatic ring is 1. The lowest BCUT2D eigenvalue weighted by molar-refractivity contribution is 0.910. The van der Waals surface area contributed by atoms with Gasteiger partial charge < -0.3 is 10.3 Å². The SMILES string of the molecule is Cn1c(=O)c(N)c(-c2ccccc2Cl)c2cc(Br)ccc21. The molecule has 0 saturated heterocycles. The minimum absolute atomic E-state index is 0.205. The molecular weight excluding hydrogens is 352 g/mol. The lowest BCUT2D eigenvalue weighted by Crippen LogP contribution is -2.21. The van der Waals surface area contributed by atoms with E-state index in [2.05, 4.69) is 15.9 Å². The number of benzene rings is 2. The largest absolute Gasteiger partial charge is 0.394 e. The molecule has 0 aliphatic carbocycles. The Morgan fingerprint density at radius 1 is 1.19 bits per heavy atom. The number of hydrogen-bond acceptors (Lipinski definition) is 2. The monoisotopic (exact) mass is 362 g/mol. The van der Waals surface area contributed by atoms with E-state index in [1.165, 1.54) is 0 Å². The van der Waals surface area contributed by atoms with Gasteiger partial charge in [0.05, 0.1) is 5.52 Å². The third-order valence-corrected chi connectivity index (χ3v) is 4.36. The molecule has 2 aromatic carbocycles. The summed E-state index contributed by atoms with van der Waals surface area (Å²) in [6.45, 7) is 0. The third-order valence-electron chi connectivity index (χ3n) is 3.54. The highest BCUT2D eigenvalue weighted by Crippen LogP contribution is 2.36. The van der Waals surface area contributed by atoms with Crippen LogP contribution in [-0.4, -0.2) is 4.57 Å². The van der Waals surface area contributed by atoms with Crippen LogP contribution in [0.15, 0.2) is 51.7 Å². The molecular formula is C16H12BrClN2O. The Kier molecular flexibility index (Phi) is 3.51. The molecule has 3 aromatic rings. The van der Waals surface area contributed by atoms with E-state index < -0.39 is 0 Å². The highest BCUT2D eigenvalue weighted by molar-refractivity contribution is 9.10. The molecule has 3 rings (SSSR count). The van der Waals surface area contributed by atoms with E-state index in [-0.39, 0.29) is 11.2 Å².